The van der Waals surface area contributed by atoms with Crippen molar-refractivity contribution < 1.29 is 9.53 Å². The van der Waals surface area contributed by atoms with Gasteiger partial charge in [0.1, 0.15) is 5.69 Å². The smallest absolute Gasteiger partial charge is 0.257 e. The third kappa shape index (κ3) is 4.47. The number of benzene rings is 2. The van der Waals surface area contributed by atoms with Gasteiger partial charge < -0.3 is 9.64 Å². The van der Waals surface area contributed by atoms with Crippen molar-refractivity contribution in [3.8, 4) is 16.9 Å². The summed E-state index contributed by atoms with van der Waals surface area (Å²) >= 11 is 0. The molecule has 0 aliphatic carbocycles. The molecule has 6 nitrogen and oxygen atoms in total. The van der Waals surface area contributed by atoms with Crippen LogP contribution in [0.4, 0.5) is 0 Å². The molecule has 0 radical (unpaired) electrons. The van der Waals surface area contributed by atoms with E-state index in [-0.39, 0.29) is 5.91 Å². The standard InChI is InChI=1S/C26H30N4O2/c1-20-9-11-22(12-10-20)30-19-24(25(27-30)21-6-3-2-4-7-21)26(31)29-15-13-28(14-16-29)18-23-8-5-17-32-23/h2-4,6-7,9-12,19,23H,5,8,13-18H2,1H3. The Balaban J connectivity index is 1.37. The molecule has 32 heavy (non-hydrogen) atoms. The van der Waals surface area contributed by atoms with Gasteiger partial charge in [0.15, 0.2) is 0 Å². The van der Waals surface area contributed by atoms with Crippen molar-refractivity contribution in [2.45, 2.75) is 25.9 Å². The van der Waals surface area contributed by atoms with E-state index in [2.05, 4.69) is 24.0 Å². The number of aromatic nitrogens is 2. The molecule has 1 aromatic heterocycles. The molecule has 0 saturated carbocycles. The molecule has 166 valence electrons. The molecule has 0 spiro atoms. The van der Waals surface area contributed by atoms with E-state index in [4.69, 9.17) is 9.84 Å². The molecule has 2 saturated heterocycles. The topological polar surface area (TPSA) is 50.6 Å². The lowest BCUT2D eigenvalue weighted by atomic mass is 10.1. The average molecular weight is 431 g/mol. The van der Waals surface area contributed by atoms with Gasteiger partial charge in [-0.15, -0.1) is 0 Å². The Morgan fingerprint density at radius 1 is 1.03 bits per heavy atom. The highest BCUT2D eigenvalue weighted by Gasteiger charge is 2.28. The molecule has 1 atom stereocenters. The Kier molecular flexibility index (Phi) is 6.06. The van der Waals surface area contributed by atoms with Crippen LogP contribution in [0.25, 0.3) is 16.9 Å². The number of hydrogen-bond donors (Lipinski definition) is 0. The first-order valence-electron chi connectivity index (χ1n) is 11.5. The summed E-state index contributed by atoms with van der Waals surface area (Å²) in [6, 6.07) is 18.2. The highest BCUT2D eigenvalue weighted by molar-refractivity contribution is 6.00. The zero-order chi connectivity index (χ0) is 21.9. The summed E-state index contributed by atoms with van der Waals surface area (Å²) in [5.41, 5.74) is 4.50. The number of ether oxygens (including phenoxy) is 1. The van der Waals surface area contributed by atoms with Gasteiger partial charge in [-0.3, -0.25) is 9.69 Å². The molecule has 0 bridgehead atoms. The van der Waals surface area contributed by atoms with Crippen LogP contribution >= 0.6 is 0 Å². The molecule has 1 amide bonds. The summed E-state index contributed by atoms with van der Waals surface area (Å²) in [5, 5.41) is 4.82. The second kappa shape index (κ2) is 9.27. The van der Waals surface area contributed by atoms with E-state index >= 15 is 0 Å². The maximum absolute atomic E-state index is 13.6. The van der Waals surface area contributed by atoms with Crippen LogP contribution < -0.4 is 0 Å². The van der Waals surface area contributed by atoms with Gasteiger partial charge in [-0.2, -0.15) is 5.10 Å². The van der Waals surface area contributed by atoms with Gasteiger partial charge in [0.2, 0.25) is 0 Å². The van der Waals surface area contributed by atoms with Crippen LogP contribution in [0.1, 0.15) is 28.8 Å². The fourth-order valence-electron chi connectivity index (χ4n) is 4.55. The molecule has 2 aliphatic rings. The van der Waals surface area contributed by atoms with Gasteiger partial charge in [-0.1, -0.05) is 48.0 Å². The monoisotopic (exact) mass is 430 g/mol. The van der Waals surface area contributed by atoms with Crippen molar-refractivity contribution in [3.63, 3.8) is 0 Å². The van der Waals surface area contributed by atoms with E-state index in [1.807, 2.05) is 58.2 Å². The molecule has 3 heterocycles. The Morgan fingerprint density at radius 3 is 2.47 bits per heavy atom. The number of carbonyl (C=O) groups is 1. The van der Waals surface area contributed by atoms with Crippen LogP contribution in [-0.2, 0) is 4.74 Å². The highest BCUT2D eigenvalue weighted by atomic mass is 16.5. The maximum Gasteiger partial charge on any atom is 0.257 e. The zero-order valence-electron chi connectivity index (χ0n) is 18.6. The third-order valence-corrected chi connectivity index (χ3v) is 6.44. The summed E-state index contributed by atoms with van der Waals surface area (Å²) in [7, 11) is 0. The number of carbonyl (C=O) groups excluding carboxylic acids is 1. The molecule has 0 N–H and O–H groups in total. The molecule has 5 rings (SSSR count). The minimum atomic E-state index is 0.0546. The molecule has 2 fully saturated rings. The van der Waals surface area contributed by atoms with Gasteiger partial charge in [0, 0.05) is 51.1 Å². The van der Waals surface area contributed by atoms with Crippen molar-refractivity contribution in [3.05, 3.63) is 71.9 Å². The first-order chi connectivity index (χ1) is 15.7. The van der Waals surface area contributed by atoms with Crippen LogP contribution in [-0.4, -0.2) is 70.9 Å². The van der Waals surface area contributed by atoms with Gasteiger partial charge in [-0.25, -0.2) is 4.68 Å². The lowest BCUT2D eigenvalue weighted by Crippen LogP contribution is -2.50. The summed E-state index contributed by atoms with van der Waals surface area (Å²) in [6.07, 6.45) is 4.55. The molecular formula is C26H30N4O2. The minimum absolute atomic E-state index is 0.0546. The Bertz CT molecular complexity index is 1050. The number of piperazine rings is 1. The average Bonchev–Trinajstić information content (AvgIpc) is 3.51. The summed E-state index contributed by atoms with van der Waals surface area (Å²) in [6.45, 7) is 7.16. The van der Waals surface area contributed by atoms with Crippen LogP contribution in [0, 0.1) is 6.92 Å². The van der Waals surface area contributed by atoms with E-state index in [0.29, 0.717) is 11.7 Å². The molecular weight excluding hydrogens is 400 g/mol. The molecule has 6 heteroatoms. The Morgan fingerprint density at radius 2 is 1.78 bits per heavy atom. The van der Waals surface area contributed by atoms with Gasteiger partial charge in [0.25, 0.3) is 5.91 Å². The van der Waals surface area contributed by atoms with Crippen LogP contribution in [0.5, 0.6) is 0 Å². The lowest BCUT2D eigenvalue weighted by Gasteiger charge is -2.35. The Labute approximate surface area is 189 Å². The fraction of sp³-hybridized carbons (Fsp3) is 0.385. The maximum atomic E-state index is 13.6. The van der Waals surface area contributed by atoms with E-state index < -0.39 is 0 Å². The molecule has 1 unspecified atom stereocenters. The number of amides is 1. The quantitative estimate of drug-likeness (QED) is 0.618. The van der Waals surface area contributed by atoms with Crippen LogP contribution in [0.3, 0.4) is 0 Å². The number of rotatable bonds is 5. The molecule has 3 aromatic rings. The van der Waals surface area contributed by atoms with Crippen molar-refractivity contribution in [1.29, 1.82) is 0 Å². The van der Waals surface area contributed by atoms with Crippen LogP contribution in [0.15, 0.2) is 60.8 Å². The van der Waals surface area contributed by atoms with E-state index in [1.165, 1.54) is 5.56 Å². The van der Waals surface area contributed by atoms with Crippen molar-refractivity contribution in [2.24, 2.45) is 0 Å². The Hall–Kier alpha value is -2.96. The van der Waals surface area contributed by atoms with E-state index in [0.717, 1.165) is 69.1 Å². The molecule has 2 aromatic carbocycles. The number of hydrogen-bond acceptors (Lipinski definition) is 4. The molecule has 2 aliphatic heterocycles. The normalized spacial score (nSPS) is 19.4. The van der Waals surface area contributed by atoms with Crippen molar-refractivity contribution in [2.75, 3.05) is 39.3 Å². The predicted molar refractivity (Wildman–Crippen MR) is 125 cm³/mol. The second-order valence-corrected chi connectivity index (χ2v) is 8.77. The van der Waals surface area contributed by atoms with Gasteiger partial charge in [-0.05, 0) is 31.9 Å². The van der Waals surface area contributed by atoms with Crippen molar-refractivity contribution in [1.82, 2.24) is 19.6 Å². The summed E-state index contributed by atoms with van der Waals surface area (Å²) < 4.78 is 7.61. The third-order valence-electron chi connectivity index (χ3n) is 6.44. The number of nitrogens with zero attached hydrogens (tertiary/aromatic N) is 4. The second-order valence-electron chi connectivity index (χ2n) is 8.77. The largest absolute Gasteiger partial charge is 0.377 e. The first-order valence-corrected chi connectivity index (χ1v) is 11.5. The lowest BCUT2D eigenvalue weighted by molar-refractivity contribution is 0.0433. The summed E-state index contributed by atoms with van der Waals surface area (Å²) in [4.78, 5) is 18.0. The van der Waals surface area contributed by atoms with Gasteiger partial charge in [0.05, 0.1) is 17.4 Å². The minimum Gasteiger partial charge on any atom is -0.377 e. The van der Waals surface area contributed by atoms with E-state index in [9.17, 15) is 4.79 Å². The first kappa shape index (κ1) is 20.9. The predicted octanol–water partition coefficient (Wildman–Crippen LogP) is 3.78. The zero-order valence-corrected chi connectivity index (χ0v) is 18.6. The van der Waals surface area contributed by atoms with Gasteiger partial charge >= 0.3 is 0 Å². The number of aryl methyl sites for hydroxylation is 1. The van der Waals surface area contributed by atoms with E-state index in [1.54, 1.807) is 0 Å². The van der Waals surface area contributed by atoms with Crippen molar-refractivity contribution >= 4 is 5.91 Å². The van der Waals surface area contributed by atoms with Crippen LogP contribution in [0.2, 0.25) is 0 Å². The summed E-state index contributed by atoms with van der Waals surface area (Å²) in [5.74, 6) is 0.0546. The fourth-order valence-corrected chi connectivity index (χ4v) is 4.55. The highest BCUT2D eigenvalue weighted by Crippen LogP contribution is 2.25. The SMILES string of the molecule is Cc1ccc(-n2cc(C(=O)N3CCN(CC4CCCO4)CC3)c(-c3ccccc3)n2)cc1.